The topological polar surface area (TPSA) is 43.1 Å². The molecule has 0 atom stereocenters. The summed E-state index contributed by atoms with van der Waals surface area (Å²) in [5.74, 6) is 0. The van der Waals surface area contributed by atoms with E-state index in [2.05, 4.69) is 6.07 Å². The van der Waals surface area contributed by atoms with Crippen molar-refractivity contribution in [2.45, 2.75) is 12.8 Å². The lowest BCUT2D eigenvalue weighted by molar-refractivity contribution is -0.107. The molecule has 0 heterocycles. The van der Waals surface area contributed by atoms with Crippen molar-refractivity contribution in [3.05, 3.63) is 41.5 Å². The molecule has 0 aliphatic rings. The molecule has 14 heavy (non-hydrogen) atoms. The summed E-state index contributed by atoms with van der Waals surface area (Å²) >= 11 is 0. The summed E-state index contributed by atoms with van der Waals surface area (Å²) in [5, 5.41) is 0. The lowest BCUT2D eigenvalue weighted by Crippen LogP contribution is -2.03. The highest BCUT2D eigenvalue weighted by molar-refractivity contribution is 5.59. The van der Waals surface area contributed by atoms with E-state index in [1.807, 2.05) is 30.4 Å². The molecule has 0 unspecified atom stereocenters. The number of carbonyl (C=O) groups excluding carboxylic acids is 1. The van der Waals surface area contributed by atoms with Gasteiger partial charge in [0.1, 0.15) is 6.29 Å². The molecule has 0 aliphatic heterocycles. The van der Waals surface area contributed by atoms with Gasteiger partial charge in [-0.1, -0.05) is 36.4 Å². The van der Waals surface area contributed by atoms with Gasteiger partial charge in [0.2, 0.25) is 0 Å². The summed E-state index contributed by atoms with van der Waals surface area (Å²) in [5.41, 5.74) is 7.89. The van der Waals surface area contributed by atoms with Crippen molar-refractivity contribution in [1.82, 2.24) is 0 Å². The third kappa shape index (κ3) is 3.15. The van der Waals surface area contributed by atoms with Gasteiger partial charge < -0.3 is 10.5 Å². The third-order valence-electron chi connectivity index (χ3n) is 2.00. The molecule has 74 valence electrons. The molecule has 1 aromatic carbocycles. The van der Waals surface area contributed by atoms with Crippen molar-refractivity contribution < 1.29 is 4.79 Å². The van der Waals surface area contributed by atoms with Crippen molar-refractivity contribution in [3.8, 4) is 0 Å². The highest BCUT2D eigenvalue weighted by Gasteiger charge is 1.95. The first-order chi connectivity index (χ1) is 6.88. The largest absolute Gasteiger partial charge is 0.330 e. The molecule has 0 fully saturated rings. The van der Waals surface area contributed by atoms with E-state index in [4.69, 9.17) is 5.73 Å². The minimum Gasteiger partial charge on any atom is -0.330 e. The quantitative estimate of drug-likeness (QED) is 0.717. The second kappa shape index (κ2) is 6.11. The average Bonchev–Trinajstić information content (AvgIpc) is 2.21. The number of nitrogens with two attached hydrogens (primary N) is 1. The predicted octanol–water partition coefficient (Wildman–Crippen LogP) is 1.79. The van der Waals surface area contributed by atoms with Crippen LogP contribution in [-0.2, 0) is 11.2 Å². The Morgan fingerprint density at radius 1 is 1.29 bits per heavy atom. The van der Waals surface area contributed by atoms with Crippen LogP contribution in [0, 0.1) is 0 Å². The second-order valence-electron chi connectivity index (χ2n) is 3.04. The molecule has 2 heteroatoms. The van der Waals surface area contributed by atoms with Gasteiger partial charge in [-0.3, -0.25) is 0 Å². The van der Waals surface area contributed by atoms with E-state index in [0.29, 0.717) is 13.0 Å². The van der Waals surface area contributed by atoms with E-state index in [0.717, 1.165) is 18.3 Å². The van der Waals surface area contributed by atoms with Crippen LogP contribution in [0.2, 0.25) is 0 Å². The Morgan fingerprint density at radius 2 is 2.07 bits per heavy atom. The van der Waals surface area contributed by atoms with Gasteiger partial charge in [-0.2, -0.15) is 0 Å². The van der Waals surface area contributed by atoms with E-state index in [1.54, 1.807) is 0 Å². The number of hydrogen-bond donors (Lipinski definition) is 1. The van der Waals surface area contributed by atoms with Gasteiger partial charge in [0, 0.05) is 6.42 Å². The van der Waals surface area contributed by atoms with E-state index >= 15 is 0 Å². The molecule has 1 rings (SSSR count). The number of aldehydes is 1. The van der Waals surface area contributed by atoms with Crippen LogP contribution in [0.15, 0.2) is 30.3 Å². The van der Waals surface area contributed by atoms with Crippen LogP contribution < -0.4 is 5.73 Å². The van der Waals surface area contributed by atoms with Gasteiger partial charge in [-0.15, -0.1) is 0 Å². The number of rotatable bonds is 5. The maximum absolute atomic E-state index is 10.1. The molecular formula is C12H15NO. The fraction of sp³-hybridized carbons (Fsp3) is 0.250. The Bertz CT molecular complexity index is 318. The predicted molar refractivity (Wildman–Crippen MR) is 58.9 cm³/mol. The Morgan fingerprint density at radius 3 is 2.79 bits per heavy atom. The molecule has 0 bridgehead atoms. The maximum atomic E-state index is 10.1. The summed E-state index contributed by atoms with van der Waals surface area (Å²) in [4.78, 5) is 10.1. The monoisotopic (exact) mass is 189 g/mol. The van der Waals surface area contributed by atoms with Gasteiger partial charge >= 0.3 is 0 Å². The summed E-state index contributed by atoms with van der Waals surface area (Å²) < 4.78 is 0. The Hall–Kier alpha value is -1.41. The third-order valence-corrected chi connectivity index (χ3v) is 2.00. The van der Waals surface area contributed by atoms with Crippen LogP contribution in [0.5, 0.6) is 0 Å². The molecule has 2 nitrogen and oxygen atoms in total. The smallest absolute Gasteiger partial charge is 0.123 e. The molecule has 0 saturated carbocycles. The lowest BCUT2D eigenvalue weighted by Gasteiger charge is -2.03. The van der Waals surface area contributed by atoms with Gasteiger partial charge in [0.15, 0.2) is 0 Å². The number of carbonyl (C=O) groups is 1. The SMILES string of the molecule is NCCc1ccccc1C=CCC=O. The molecule has 1 aromatic rings. The van der Waals surface area contributed by atoms with Crippen LogP contribution in [0.3, 0.4) is 0 Å². The molecule has 0 saturated heterocycles. The summed E-state index contributed by atoms with van der Waals surface area (Å²) in [6.45, 7) is 0.651. The van der Waals surface area contributed by atoms with Crippen molar-refractivity contribution in [2.75, 3.05) is 6.54 Å². The number of hydrogen-bond acceptors (Lipinski definition) is 2. The van der Waals surface area contributed by atoms with E-state index < -0.39 is 0 Å². The average molecular weight is 189 g/mol. The first kappa shape index (κ1) is 10.7. The second-order valence-corrected chi connectivity index (χ2v) is 3.04. The summed E-state index contributed by atoms with van der Waals surface area (Å²) in [6, 6.07) is 8.09. The minimum atomic E-state index is 0.469. The lowest BCUT2D eigenvalue weighted by atomic mass is 10.0. The van der Waals surface area contributed by atoms with Crippen molar-refractivity contribution in [1.29, 1.82) is 0 Å². The summed E-state index contributed by atoms with van der Waals surface area (Å²) in [6.07, 6.45) is 6.07. The Balaban J connectivity index is 2.78. The molecule has 0 aliphatic carbocycles. The summed E-state index contributed by atoms with van der Waals surface area (Å²) in [7, 11) is 0. The molecule has 0 radical (unpaired) electrons. The van der Waals surface area contributed by atoms with Crippen molar-refractivity contribution >= 4 is 12.4 Å². The van der Waals surface area contributed by atoms with E-state index in [1.165, 1.54) is 5.56 Å². The normalized spacial score (nSPS) is 10.6. The van der Waals surface area contributed by atoms with Crippen LogP contribution in [0.25, 0.3) is 6.08 Å². The molecular weight excluding hydrogens is 174 g/mol. The number of allylic oxidation sites excluding steroid dienone is 1. The van der Waals surface area contributed by atoms with Crippen LogP contribution >= 0.6 is 0 Å². The fourth-order valence-electron chi connectivity index (χ4n) is 1.33. The Labute approximate surface area is 84.4 Å². The zero-order valence-corrected chi connectivity index (χ0v) is 8.15. The minimum absolute atomic E-state index is 0.469. The highest BCUT2D eigenvalue weighted by Crippen LogP contribution is 2.11. The van der Waals surface area contributed by atoms with Crippen molar-refractivity contribution in [3.63, 3.8) is 0 Å². The van der Waals surface area contributed by atoms with E-state index in [9.17, 15) is 4.79 Å². The van der Waals surface area contributed by atoms with Gasteiger partial charge in [-0.05, 0) is 24.1 Å². The van der Waals surface area contributed by atoms with Crippen LogP contribution in [0.1, 0.15) is 17.5 Å². The van der Waals surface area contributed by atoms with E-state index in [-0.39, 0.29) is 0 Å². The molecule has 0 amide bonds. The highest BCUT2D eigenvalue weighted by atomic mass is 16.1. The van der Waals surface area contributed by atoms with Crippen LogP contribution in [0.4, 0.5) is 0 Å². The number of benzene rings is 1. The Kier molecular flexibility index (Phi) is 4.65. The fourth-order valence-corrected chi connectivity index (χ4v) is 1.33. The van der Waals surface area contributed by atoms with Gasteiger partial charge in [0.25, 0.3) is 0 Å². The zero-order chi connectivity index (χ0) is 10.2. The first-order valence-corrected chi connectivity index (χ1v) is 4.76. The first-order valence-electron chi connectivity index (χ1n) is 4.76. The van der Waals surface area contributed by atoms with Gasteiger partial charge in [-0.25, -0.2) is 0 Å². The zero-order valence-electron chi connectivity index (χ0n) is 8.15. The van der Waals surface area contributed by atoms with Gasteiger partial charge in [0.05, 0.1) is 0 Å². The van der Waals surface area contributed by atoms with Crippen molar-refractivity contribution in [2.24, 2.45) is 5.73 Å². The molecule has 0 aromatic heterocycles. The molecule has 0 spiro atoms. The maximum Gasteiger partial charge on any atom is 0.123 e. The van der Waals surface area contributed by atoms with Crippen LogP contribution in [-0.4, -0.2) is 12.8 Å². The molecule has 2 N–H and O–H groups in total. The standard InChI is InChI=1S/C12H15NO/c13-9-8-12-6-2-1-5-11(12)7-3-4-10-14/h1-3,5-7,10H,4,8-9,13H2.